The van der Waals surface area contributed by atoms with Crippen molar-refractivity contribution in [2.75, 3.05) is 52.5 Å². The molecule has 0 saturated carbocycles. The molecule has 0 bridgehead atoms. The molecular weight excluding hydrogens is 604 g/mol. The molecule has 0 unspecified atom stereocenters. The number of nitrogens with zero attached hydrogens (tertiary/aromatic N) is 2. The first-order valence-corrected chi connectivity index (χ1v) is 18.0. The predicted molar refractivity (Wildman–Crippen MR) is 191 cm³/mol. The largest absolute Gasteiger partial charge is 0.494 e. The molecule has 2 heterocycles. The van der Waals surface area contributed by atoms with Crippen LogP contribution in [0.25, 0.3) is 12.2 Å². The first-order chi connectivity index (χ1) is 23.1. The van der Waals surface area contributed by atoms with Gasteiger partial charge in [-0.2, -0.15) is 0 Å². The van der Waals surface area contributed by atoms with Gasteiger partial charge in [0, 0.05) is 39.3 Å². The molecule has 2 aliphatic heterocycles. The summed E-state index contributed by atoms with van der Waals surface area (Å²) < 4.78 is 11.6. The van der Waals surface area contributed by atoms with E-state index in [0.717, 1.165) is 76.3 Å². The average molecular weight is 659 g/mol. The van der Waals surface area contributed by atoms with Crippen LogP contribution in [-0.4, -0.2) is 84.4 Å². The lowest BCUT2D eigenvalue weighted by atomic mass is 9.83. The van der Waals surface area contributed by atoms with Crippen molar-refractivity contribution >= 4 is 24.1 Å². The van der Waals surface area contributed by atoms with Crippen LogP contribution in [0.3, 0.4) is 0 Å². The van der Waals surface area contributed by atoms with Crippen LogP contribution in [0.1, 0.15) is 75.6 Å². The summed E-state index contributed by atoms with van der Waals surface area (Å²) in [6.45, 7) is 14.9. The minimum absolute atomic E-state index is 0.181. The second-order valence-electron chi connectivity index (χ2n) is 14.2. The van der Waals surface area contributed by atoms with E-state index in [1.54, 1.807) is 0 Å². The van der Waals surface area contributed by atoms with Gasteiger partial charge in [0.1, 0.15) is 11.5 Å². The van der Waals surface area contributed by atoms with E-state index in [0.29, 0.717) is 38.0 Å². The number of hydrogen-bond acceptors (Lipinski definition) is 6. The van der Waals surface area contributed by atoms with Gasteiger partial charge in [0.2, 0.25) is 0 Å². The summed E-state index contributed by atoms with van der Waals surface area (Å²) in [5, 5.41) is 18.0. The number of rotatable bonds is 14. The highest BCUT2D eigenvalue weighted by Gasteiger charge is 2.34. The molecule has 0 amide bonds. The van der Waals surface area contributed by atoms with E-state index in [2.05, 4.69) is 86.0 Å². The van der Waals surface area contributed by atoms with E-state index in [1.165, 1.54) is 33.4 Å². The number of aliphatic carboxylic acids is 2. The van der Waals surface area contributed by atoms with Gasteiger partial charge in [-0.3, -0.25) is 19.4 Å². The van der Waals surface area contributed by atoms with Gasteiger partial charge in [0.15, 0.2) is 0 Å². The van der Waals surface area contributed by atoms with E-state index >= 15 is 0 Å². The smallest absolute Gasteiger partial charge is 0.309 e. The van der Waals surface area contributed by atoms with Crippen molar-refractivity contribution in [2.24, 2.45) is 23.7 Å². The Morgan fingerprint density at radius 2 is 1.08 bits per heavy atom. The molecule has 2 aromatic carbocycles. The minimum Gasteiger partial charge on any atom is -0.494 e. The molecule has 0 radical (unpaired) electrons. The van der Waals surface area contributed by atoms with Gasteiger partial charge < -0.3 is 19.7 Å². The van der Waals surface area contributed by atoms with Crippen LogP contribution in [0.4, 0.5) is 0 Å². The first-order valence-electron chi connectivity index (χ1n) is 18.0. The molecule has 2 atom stereocenters. The Hall–Kier alpha value is -3.62. The molecule has 48 heavy (non-hydrogen) atoms. The topological polar surface area (TPSA) is 99.5 Å². The summed E-state index contributed by atoms with van der Waals surface area (Å²) in [6, 6.07) is 12.8. The average Bonchev–Trinajstić information content (AvgIpc) is 3.00. The lowest BCUT2D eigenvalue weighted by Gasteiger charge is -2.38. The lowest BCUT2D eigenvalue weighted by Crippen LogP contribution is -2.51. The number of carboxylic acids is 2. The third kappa shape index (κ3) is 9.29. The SMILES string of the molecule is CCCCOc1ccc2c(c1)C[C@@H](C)C(CN1CC(C(=O)O)C1)=C2.CCCCOc1ccc2c(c1)C[C@H](C)C(CN1CC(C(=O)O)C1)=C2. The van der Waals surface area contributed by atoms with Gasteiger partial charge in [-0.25, -0.2) is 0 Å². The number of fused-ring (bicyclic) bond motifs is 2. The number of likely N-dealkylation sites (tertiary alicyclic amines) is 2. The molecule has 8 heteroatoms. The second-order valence-corrected chi connectivity index (χ2v) is 14.2. The number of ether oxygens (including phenoxy) is 2. The maximum atomic E-state index is 10.9. The maximum Gasteiger partial charge on any atom is 0.309 e. The summed E-state index contributed by atoms with van der Waals surface area (Å²) in [6.07, 6.45) is 11.1. The standard InChI is InChI=1S/2C20H27NO3/c2*1-3-4-7-24-19-6-5-15-9-17(14(2)8-16(15)10-19)11-21-12-18(13-21)20(22)23/h2*5-6,9-10,14,18H,3-4,7-8,11-13H2,1-2H3,(H,22,23)/t2*14-/m10/s1. The quantitative estimate of drug-likeness (QED) is 0.211. The highest BCUT2D eigenvalue weighted by Crippen LogP contribution is 2.34. The zero-order valence-electron chi connectivity index (χ0n) is 29.2. The van der Waals surface area contributed by atoms with Crippen molar-refractivity contribution in [3.8, 4) is 11.5 Å². The van der Waals surface area contributed by atoms with Gasteiger partial charge in [-0.15, -0.1) is 0 Å². The van der Waals surface area contributed by atoms with E-state index < -0.39 is 11.9 Å². The van der Waals surface area contributed by atoms with Crippen LogP contribution < -0.4 is 9.47 Å². The lowest BCUT2D eigenvalue weighted by molar-refractivity contribution is -0.148. The molecule has 4 aliphatic rings. The highest BCUT2D eigenvalue weighted by atomic mass is 16.5. The van der Waals surface area contributed by atoms with Crippen LogP contribution in [0.15, 0.2) is 47.5 Å². The molecule has 0 spiro atoms. The summed E-state index contributed by atoms with van der Waals surface area (Å²) in [7, 11) is 0. The zero-order valence-corrected chi connectivity index (χ0v) is 29.2. The number of carbonyl (C=O) groups is 2. The Morgan fingerprint density at radius 3 is 1.44 bits per heavy atom. The van der Waals surface area contributed by atoms with Crippen molar-refractivity contribution < 1.29 is 29.3 Å². The molecule has 6 rings (SSSR count). The monoisotopic (exact) mass is 658 g/mol. The number of unbranched alkanes of at least 4 members (excludes halogenated alkanes) is 2. The van der Waals surface area contributed by atoms with Crippen molar-refractivity contribution in [3.63, 3.8) is 0 Å². The molecule has 2 N–H and O–H groups in total. The first kappa shape index (κ1) is 35.7. The van der Waals surface area contributed by atoms with Crippen LogP contribution in [0.5, 0.6) is 11.5 Å². The maximum absolute atomic E-state index is 10.9. The van der Waals surface area contributed by atoms with Gasteiger partial charge >= 0.3 is 11.9 Å². The molecule has 2 saturated heterocycles. The summed E-state index contributed by atoms with van der Waals surface area (Å²) >= 11 is 0. The molecule has 260 valence electrons. The molecule has 2 fully saturated rings. The summed E-state index contributed by atoms with van der Waals surface area (Å²) in [5.41, 5.74) is 8.08. The molecular formula is C40H54N2O6. The molecule has 2 aromatic rings. The normalized spacial score (nSPS) is 20.9. The number of carboxylic acid groups (broad SMARTS) is 2. The molecule has 8 nitrogen and oxygen atoms in total. The summed E-state index contributed by atoms with van der Waals surface area (Å²) in [5.74, 6) is 1.23. The van der Waals surface area contributed by atoms with Crippen LogP contribution in [-0.2, 0) is 22.4 Å². The van der Waals surface area contributed by atoms with Crippen LogP contribution in [0.2, 0.25) is 0 Å². The molecule has 2 aliphatic carbocycles. The highest BCUT2D eigenvalue weighted by molar-refractivity contribution is 5.72. The Bertz CT molecular complexity index is 1380. The fourth-order valence-corrected chi connectivity index (χ4v) is 6.88. The Morgan fingerprint density at radius 1 is 0.688 bits per heavy atom. The van der Waals surface area contributed by atoms with E-state index in [9.17, 15) is 9.59 Å². The third-order valence-corrected chi connectivity index (χ3v) is 10.2. The summed E-state index contributed by atoms with van der Waals surface area (Å²) in [4.78, 5) is 26.3. The van der Waals surface area contributed by atoms with Crippen molar-refractivity contribution in [2.45, 2.75) is 66.2 Å². The van der Waals surface area contributed by atoms with Crippen molar-refractivity contribution in [1.29, 1.82) is 0 Å². The predicted octanol–water partition coefficient (Wildman–Crippen LogP) is 6.92. The number of benzene rings is 2. The van der Waals surface area contributed by atoms with Gasteiger partial charge in [-0.1, -0.05) is 76.0 Å². The van der Waals surface area contributed by atoms with E-state index in [-0.39, 0.29) is 11.8 Å². The van der Waals surface area contributed by atoms with E-state index in [4.69, 9.17) is 19.7 Å². The van der Waals surface area contributed by atoms with Gasteiger partial charge in [0.05, 0.1) is 25.0 Å². The third-order valence-electron chi connectivity index (χ3n) is 10.2. The Kier molecular flexibility index (Phi) is 12.4. The van der Waals surface area contributed by atoms with E-state index in [1.807, 2.05) is 0 Å². The van der Waals surface area contributed by atoms with Crippen LogP contribution >= 0.6 is 0 Å². The number of hydrogen-bond donors (Lipinski definition) is 2. The zero-order chi connectivity index (χ0) is 34.2. The van der Waals surface area contributed by atoms with Crippen molar-refractivity contribution in [1.82, 2.24) is 9.80 Å². The minimum atomic E-state index is -0.669. The Labute approximate surface area is 286 Å². The Balaban J connectivity index is 0.000000188. The van der Waals surface area contributed by atoms with Gasteiger partial charge in [-0.05, 0) is 84.0 Å². The van der Waals surface area contributed by atoms with Crippen molar-refractivity contribution in [3.05, 3.63) is 69.8 Å². The van der Waals surface area contributed by atoms with Gasteiger partial charge in [0.25, 0.3) is 0 Å². The molecule has 0 aromatic heterocycles. The fraction of sp³-hybridized carbons (Fsp3) is 0.550. The fourth-order valence-electron chi connectivity index (χ4n) is 6.88. The second kappa shape index (κ2) is 16.7. The van der Waals surface area contributed by atoms with Crippen LogP contribution in [0, 0.1) is 23.7 Å².